The Morgan fingerprint density at radius 1 is 1.14 bits per heavy atom. The van der Waals surface area contributed by atoms with Crippen molar-refractivity contribution in [2.75, 3.05) is 6.54 Å². The Balaban J connectivity index is 1.81. The number of rotatable bonds is 3. The second-order valence-corrected chi connectivity index (χ2v) is 5.27. The van der Waals surface area contributed by atoms with Gasteiger partial charge in [-0.05, 0) is 28.8 Å². The zero-order valence-corrected chi connectivity index (χ0v) is 11.4. The molecule has 0 amide bonds. The molecule has 1 N–H and O–H groups in total. The fraction of sp³-hybridized carbons (Fsp3) is 0.235. The summed E-state index contributed by atoms with van der Waals surface area (Å²) < 4.78 is 26.1. The van der Waals surface area contributed by atoms with Crippen LogP contribution >= 0.6 is 0 Å². The summed E-state index contributed by atoms with van der Waals surface area (Å²) in [6.07, 6.45) is 0.109. The van der Waals surface area contributed by atoms with Crippen molar-refractivity contribution in [3.8, 4) is 0 Å². The van der Waals surface area contributed by atoms with Gasteiger partial charge in [0.2, 0.25) is 0 Å². The molecule has 0 saturated carbocycles. The molecule has 3 rings (SSSR count). The maximum atomic E-state index is 13.2. The monoisotopic (exact) mass is 287 g/mol. The van der Waals surface area contributed by atoms with Crippen LogP contribution in [0.3, 0.4) is 0 Å². The van der Waals surface area contributed by atoms with Gasteiger partial charge in [-0.25, -0.2) is 8.78 Å². The van der Waals surface area contributed by atoms with Gasteiger partial charge in [0, 0.05) is 19.5 Å². The molecular formula is C17H15F2NO. The SMILES string of the molecule is O=C(Cc1ccc(F)c(F)c1)C1CNCc2ccccc21. The molecule has 1 heterocycles. The summed E-state index contributed by atoms with van der Waals surface area (Å²) in [7, 11) is 0. The molecule has 1 aliphatic rings. The van der Waals surface area contributed by atoms with Crippen LogP contribution in [0.5, 0.6) is 0 Å². The topological polar surface area (TPSA) is 29.1 Å². The molecule has 108 valence electrons. The molecule has 0 bridgehead atoms. The Labute approximate surface area is 121 Å². The number of hydrogen-bond acceptors (Lipinski definition) is 2. The Morgan fingerprint density at radius 2 is 1.95 bits per heavy atom. The van der Waals surface area contributed by atoms with E-state index in [-0.39, 0.29) is 18.1 Å². The third kappa shape index (κ3) is 2.85. The van der Waals surface area contributed by atoms with Gasteiger partial charge in [0.1, 0.15) is 5.78 Å². The maximum Gasteiger partial charge on any atom is 0.159 e. The molecule has 0 aliphatic carbocycles. The quantitative estimate of drug-likeness (QED) is 0.940. The van der Waals surface area contributed by atoms with Crippen LogP contribution < -0.4 is 5.32 Å². The van der Waals surface area contributed by atoms with Crippen LogP contribution in [0.25, 0.3) is 0 Å². The van der Waals surface area contributed by atoms with Crippen LogP contribution in [-0.2, 0) is 17.8 Å². The van der Waals surface area contributed by atoms with Crippen molar-refractivity contribution in [2.24, 2.45) is 0 Å². The molecule has 4 heteroatoms. The highest BCUT2D eigenvalue weighted by molar-refractivity contribution is 5.88. The summed E-state index contributed by atoms with van der Waals surface area (Å²) in [4.78, 5) is 12.5. The van der Waals surface area contributed by atoms with Crippen LogP contribution in [0, 0.1) is 11.6 Å². The molecule has 2 nitrogen and oxygen atoms in total. The molecule has 0 saturated heterocycles. The number of fused-ring (bicyclic) bond motifs is 1. The van der Waals surface area contributed by atoms with E-state index >= 15 is 0 Å². The van der Waals surface area contributed by atoms with Crippen molar-refractivity contribution in [3.05, 3.63) is 70.8 Å². The van der Waals surface area contributed by atoms with Gasteiger partial charge in [-0.2, -0.15) is 0 Å². The number of halogens is 2. The van der Waals surface area contributed by atoms with Crippen LogP contribution in [-0.4, -0.2) is 12.3 Å². The fourth-order valence-corrected chi connectivity index (χ4v) is 2.76. The lowest BCUT2D eigenvalue weighted by atomic mass is 9.85. The number of benzene rings is 2. The number of carbonyl (C=O) groups is 1. The standard InChI is InChI=1S/C17H15F2NO/c18-15-6-5-11(7-16(15)19)8-17(21)14-10-20-9-12-3-1-2-4-13(12)14/h1-7,14,20H,8-10H2. The smallest absolute Gasteiger partial charge is 0.159 e. The summed E-state index contributed by atoms with van der Waals surface area (Å²) in [6, 6.07) is 11.4. The van der Waals surface area contributed by atoms with Crippen molar-refractivity contribution in [1.29, 1.82) is 0 Å². The first kappa shape index (κ1) is 13.9. The molecule has 1 atom stereocenters. The summed E-state index contributed by atoms with van der Waals surface area (Å²) >= 11 is 0. The van der Waals surface area contributed by atoms with Gasteiger partial charge in [0.05, 0.1) is 5.92 Å². The number of carbonyl (C=O) groups excluding carboxylic acids is 1. The van der Waals surface area contributed by atoms with E-state index in [0.717, 1.165) is 29.8 Å². The number of nitrogens with one attached hydrogen (secondary N) is 1. The van der Waals surface area contributed by atoms with Crippen molar-refractivity contribution < 1.29 is 13.6 Å². The number of hydrogen-bond donors (Lipinski definition) is 1. The first-order valence-corrected chi connectivity index (χ1v) is 6.90. The van der Waals surface area contributed by atoms with E-state index in [9.17, 15) is 13.6 Å². The van der Waals surface area contributed by atoms with Crippen LogP contribution in [0.4, 0.5) is 8.78 Å². The summed E-state index contributed by atoms with van der Waals surface area (Å²) in [5, 5.41) is 3.22. The molecule has 1 aliphatic heterocycles. The summed E-state index contributed by atoms with van der Waals surface area (Å²) in [5.74, 6) is -2.03. The predicted molar refractivity (Wildman–Crippen MR) is 76.0 cm³/mol. The van der Waals surface area contributed by atoms with E-state index in [1.54, 1.807) is 0 Å². The molecule has 0 aromatic heterocycles. The average molecular weight is 287 g/mol. The molecule has 2 aromatic rings. The van der Waals surface area contributed by atoms with E-state index in [2.05, 4.69) is 5.32 Å². The maximum absolute atomic E-state index is 13.2. The highest BCUT2D eigenvalue weighted by atomic mass is 19.2. The van der Waals surface area contributed by atoms with Gasteiger partial charge >= 0.3 is 0 Å². The fourth-order valence-electron chi connectivity index (χ4n) is 2.76. The van der Waals surface area contributed by atoms with Crippen LogP contribution in [0.2, 0.25) is 0 Å². The third-order valence-corrected chi connectivity index (χ3v) is 3.85. The molecule has 0 fully saturated rings. The minimum absolute atomic E-state index is 0.0145. The molecule has 1 unspecified atom stereocenters. The van der Waals surface area contributed by atoms with Gasteiger partial charge < -0.3 is 5.32 Å². The normalized spacial score (nSPS) is 17.3. The first-order valence-electron chi connectivity index (χ1n) is 6.90. The van der Waals surface area contributed by atoms with Gasteiger partial charge in [-0.3, -0.25) is 4.79 Å². The Morgan fingerprint density at radius 3 is 2.76 bits per heavy atom. The van der Waals surface area contributed by atoms with Crippen molar-refractivity contribution >= 4 is 5.78 Å². The minimum Gasteiger partial charge on any atom is -0.312 e. The van der Waals surface area contributed by atoms with Gasteiger partial charge in [0.15, 0.2) is 11.6 Å². The van der Waals surface area contributed by atoms with Crippen LogP contribution in [0.1, 0.15) is 22.6 Å². The Hall–Kier alpha value is -2.07. The lowest BCUT2D eigenvalue weighted by molar-refractivity contribution is -0.119. The second kappa shape index (κ2) is 5.74. The minimum atomic E-state index is -0.914. The van der Waals surface area contributed by atoms with Crippen molar-refractivity contribution in [1.82, 2.24) is 5.32 Å². The highest BCUT2D eigenvalue weighted by Gasteiger charge is 2.25. The van der Waals surface area contributed by atoms with Crippen molar-refractivity contribution in [3.63, 3.8) is 0 Å². The lowest BCUT2D eigenvalue weighted by Crippen LogP contribution is -2.33. The van der Waals surface area contributed by atoms with Gasteiger partial charge in [-0.15, -0.1) is 0 Å². The van der Waals surface area contributed by atoms with E-state index in [4.69, 9.17) is 0 Å². The molecular weight excluding hydrogens is 272 g/mol. The average Bonchev–Trinajstić information content (AvgIpc) is 2.50. The summed E-state index contributed by atoms with van der Waals surface area (Å²) in [6.45, 7) is 1.34. The number of ketones is 1. The zero-order valence-electron chi connectivity index (χ0n) is 11.4. The van der Waals surface area contributed by atoms with Gasteiger partial charge in [0.25, 0.3) is 0 Å². The molecule has 2 aromatic carbocycles. The summed E-state index contributed by atoms with van der Waals surface area (Å²) in [5.41, 5.74) is 2.65. The van der Waals surface area contributed by atoms with Gasteiger partial charge in [-0.1, -0.05) is 30.3 Å². The largest absolute Gasteiger partial charge is 0.312 e. The number of Topliss-reactive ketones (excluding diaryl/α,β-unsaturated/α-hetero) is 1. The molecule has 21 heavy (non-hydrogen) atoms. The highest BCUT2D eigenvalue weighted by Crippen LogP contribution is 2.26. The van der Waals surface area contributed by atoms with Crippen LogP contribution in [0.15, 0.2) is 42.5 Å². The predicted octanol–water partition coefficient (Wildman–Crippen LogP) is 2.96. The van der Waals surface area contributed by atoms with Crippen molar-refractivity contribution in [2.45, 2.75) is 18.9 Å². The van der Waals surface area contributed by atoms with E-state index in [1.165, 1.54) is 6.07 Å². The van der Waals surface area contributed by atoms with E-state index < -0.39 is 11.6 Å². The lowest BCUT2D eigenvalue weighted by Gasteiger charge is -2.25. The van der Waals surface area contributed by atoms with E-state index in [1.807, 2.05) is 24.3 Å². The zero-order chi connectivity index (χ0) is 14.8. The first-order chi connectivity index (χ1) is 10.1. The second-order valence-electron chi connectivity index (χ2n) is 5.27. The Kier molecular flexibility index (Phi) is 3.80. The molecule has 0 spiro atoms. The molecule has 0 radical (unpaired) electrons. The van der Waals surface area contributed by atoms with E-state index in [0.29, 0.717) is 12.1 Å². The third-order valence-electron chi connectivity index (χ3n) is 3.85. The Bertz CT molecular complexity index is 684.